The summed E-state index contributed by atoms with van der Waals surface area (Å²) in [6, 6.07) is 17.4. The van der Waals surface area contributed by atoms with Crippen molar-refractivity contribution >= 4 is 65.1 Å². The summed E-state index contributed by atoms with van der Waals surface area (Å²) in [7, 11) is 2.99. The van der Waals surface area contributed by atoms with Crippen LogP contribution in [-0.2, 0) is 38.1 Å². The lowest BCUT2D eigenvalue weighted by molar-refractivity contribution is -0.148. The van der Waals surface area contributed by atoms with E-state index < -0.39 is 0 Å². The van der Waals surface area contributed by atoms with Crippen molar-refractivity contribution < 1.29 is 42.9 Å². The third-order valence-corrected chi connectivity index (χ3v) is 16.0. The van der Waals surface area contributed by atoms with E-state index in [9.17, 15) is 19.2 Å². The number of hydrogen-bond acceptors (Lipinski definition) is 27. The van der Waals surface area contributed by atoms with Gasteiger partial charge in [0.05, 0.1) is 33.5 Å². The summed E-state index contributed by atoms with van der Waals surface area (Å²) in [6.07, 6.45) is 13.8. The average molecular weight is 1570 g/mol. The van der Waals surface area contributed by atoms with Gasteiger partial charge < -0.3 is 55.6 Å². The lowest BCUT2D eigenvalue weighted by Gasteiger charge is -2.19. The van der Waals surface area contributed by atoms with Gasteiger partial charge in [0.1, 0.15) is 5.82 Å². The van der Waals surface area contributed by atoms with Gasteiger partial charge in [-0.15, -0.1) is 0 Å². The first-order chi connectivity index (χ1) is 53.2. The minimum atomic E-state index is -0.193. The van der Waals surface area contributed by atoms with E-state index in [4.69, 9.17) is 18.9 Å². The van der Waals surface area contributed by atoms with Crippen LogP contribution >= 0.6 is 0 Å². The molecule has 626 valence electrons. The zero-order chi connectivity index (χ0) is 84.8. The fourth-order valence-electron chi connectivity index (χ4n) is 9.37. The lowest BCUT2D eigenvalue weighted by Crippen LogP contribution is -2.22. The fourth-order valence-corrected chi connectivity index (χ4v) is 9.37. The second kappa shape index (κ2) is 54.0. The predicted octanol–water partition coefficient (Wildman–Crippen LogP) is 18.1. The highest BCUT2D eigenvalue weighted by molar-refractivity contribution is 5.71. The SMILES string of the molecule is CC(C)CNc1cc(C(C)C)ccn1.CC(C)COC(=O)C[C@H](C)CNc1nccc(C(C)C)n1.CC(C)OC(=O)C[C@H](C)CNc1nccc(C(C)C)n1.CC(C)c1ccnc(NC[C@@H](C)CC(=O)OCC(C)(C)C)n1.COC(=O)C[C@H](C)CNc1nccc(C(C)C)n1.COc1cc(Nc2nccc(C(C)C)n2)ccn1. The molecule has 4 atom stereocenters. The van der Waals surface area contributed by atoms with E-state index in [1.54, 1.807) is 50.4 Å². The first-order valence-corrected chi connectivity index (χ1v) is 39.9. The van der Waals surface area contributed by atoms with Crippen LogP contribution in [-0.4, -0.2) is 150 Å². The van der Waals surface area contributed by atoms with Gasteiger partial charge in [0.15, 0.2) is 0 Å². The van der Waals surface area contributed by atoms with Crippen LogP contribution in [0.25, 0.3) is 0 Å². The van der Waals surface area contributed by atoms with E-state index in [0.29, 0.717) is 148 Å². The summed E-state index contributed by atoms with van der Waals surface area (Å²) in [5.74, 6) is 8.08. The molecule has 7 rings (SSSR count). The summed E-state index contributed by atoms with van der Waals surface area (Å²) in [5, 5.41) is 19.1. The standard InChI is InChI=1S/C17H29N3O2.C16H27N3O2.C15H25N3O2.C13H16N4O.C13H21N3O2.C12H20N2/c1-12(2)14-7-8-18-16(20-14)19-10-13(3)9-15(21)22-11-17(4,5)6;1-11(2)10-21-15(20)8-13(5)9-18-16-17-7-6-14(19-16)12(3)4;1-10(2)13-6-7-16-15(18-13)17-9-12(5)8-14(19)20-11(3)4;1-9(2)11-5-7-15-13(17-11)16-10-4-6-14-12(8-10)18-3;1-9(2)11-5-6-14-13(16-11)15-8-10(3)7-12(17)18-4;1-9(2)8-14-12-7-11(10(3)4)5-6-13-12/h7-8,12-13H,9-11H2,1-6H3,(H,18,19,20);6-7,11-13H,8-10H2,1-5H3,(H,17,18,19);6-7,10-12H,8-9H2,1-5H3,(H,16,17,18);4-9H,1-3H3,(H,14,15,16,17);5-6,9-10H,7-8H2,1-4H3,(H,14,15,16);5-7,9-10H,8H2,1-4H3,(H,13,14)/t2*13-;12-;;10-;/m000.0./s1. The molecule has 0 saturated heterocycles. The molecule has 7 aromatic rings. The number of carbonyl (C=O) groups is 4. The number of esters is 4. The van der Waals surface area contributed by atoms with Crippen LogP contribution < -0.4 is 36.6 Å². The summed E-state index contributed by atoms with van der Waals surface area (Å²) >= 11 is 0. The normalized spacial score (nSPS) is 12.1. The first-order valence-electron chi connectivity index (χ1n) is 39.9. The maximum absolute atomic E-state index is 11.8. The Kier molecular flexibility index (Phi) is 47.4. The number of anilines is 7. The number of rotatable bonds is 36. The Morgan fingerprint density at radius 1 is 0.372 bits per heavy atom. The van der Waals surface area contributed by atoms with Gasteiger partial charge in [-0.3, -0.25) is 19.2 Å². The molecular formula is C86H138N18O9. The van der Waals surface area contributed by atoms with Crippen LogP contribution in [0, 0.1) is 40.9 Å². The topological polar surface area (TPSA) is 341 Å². The third kappa shape index (κ3) is 46.7. The summed E-state index contributed by atoms with van der Waals surface area (Å²) in [5.41, 5.74) is 7.23. The minimum Gasteiger partial charge on any atom is -0.481 e. The first kappa shape index (κ1) is 99.3. The number of carbonyl (C=O) groups excluding carboxylic acids is 4. The molecule has 0 aliphatic heterocycles. The van der Waals surface area contributed by atoms with Crippen LogP contribution in [0.2, 0.25) is 0 Å². The Morgan fingerprint density at radius 2 is 0.726 bits per heavy atom. The zero-order valence-corrected chi connectivity index (χ0v) is 73.1. The maximum Gasteiger partial charge on any atom is 0.306 e. The van der Waals surface area contributed by atoms with Crippen molar-refractivity contribution in [2.75, 3.05) is 92.1 Å². The van der Waals surface area contributed by atoms with Crippen molar-refractivity contribution in [3.63, 3.8) is 0 Å². The minimum absolute atomic E-state index is 0.00226. The fraction of sp³-hybridized carbons (Fsp3) is 0.605. The van der Waals surface area contributed by atoms with E-state index in [-0.39, 0.29) is 59.1 Å². The number of nitrogens with zero attached hydrogens (tertiary/aromatic N) is 12. The number of ether oxygens (including phenoxy) is 5. The molecule has 0 aromatic carbocycles. The number of aromatic nitrogens is 12. The van der Waals surface area contributed by atoms with Crippen molar-refractivity contribution in [2.24, 2.45) is 40.9 Å². The lowest BCUT2D eigenvalue weighted by atomic mass is 9.98. The Labute approximate surface area is 675 Å². The van der Waals surface area contributed by atoms with Crippen molar-refractivity contribution in [3.05, 3.63) is 132 Å². The van der Waals surface area contributed by atoms with Crippen LogP contribution in [0.4, 0.5) is 41.2 Å². The molecule has 7 heterocycles. The Bertz CT molecular complexity index is 3810. The molecule has 0 fully saturated rings. The molecule has 0 saturated carbocycles. The largest absolute Gasteiger partial charge is 0.481 e. The molecule has 6 N–H and O–H groups in total. The molecule has 0 spiro atoms. The van der Waals surface area contributed by atoms with Crippen molar-refractivity contribution in [1.29, 1.82) is 0 Å². The molecule has 27 heteroatoms. The number of hydrogen-bond donors (Lipinski definition) is 6. The van der Waals surface area contributed by atoms with Crippen LogP contribution in [0.5, 0.6) is 5.88 Å². The second-order valence-electron chi connectivity index (χ2n) is 32.6. The molecule has 0 bridgehead atoms. The molecule has 0 amide bonds. The molecule has 0 aliphatic carbocycles. The molecule has 0 radical (unpaired) electrons. The van der Waals surface area contributed by atoms with E-state index in [1.807, 2.05) is 119 Å². The van der Waals surface area contributed by atoms with Crippen LogP contribution in [0.15, 0.2) is 98.0 Å². The smallest absolute Gasteiger partial charge is 0.306 e. The molecule has 0 aliphatic rings. The van der Waals surface area contributed by atoms with Crippen LogP contribution in [0.3, 0.4) is 0 Å². The zero-order valence-electron chi connectivity index (χ0n) is 73.1. The number of methoxy groups -OCH3 is 2. The molecular weight excluding hydrogens is 1430 g/mol. The highest BCUT2D eigenvalue weighted by Crippen LogP contribution is 2.23. The van der Waals surface area contributed by atoms with Gasteiger partial charge in [0.25, 0.3) is 0 Å². The van der Waals surface area contributed by atoms with E-state index >= 15 is 0 Å². The van der Waals surface area contributed by atoms with Crippen LogP contribution in [0.1, 0.15) is 268 Å². The van der Waals surface area contributed by atoms with Gasteiger partial charge in [-0.2, -0.15) is 0 Å². The van der Waals surface area contributed by atoms with Crippen molar-refractivity contribution in [2.45, 2.75) is 240 Å². The van der Waals surface area contributed by atoms with E-state index in [1.165, 1.54) is 12.7 Å². The maximum atomic E-state index is 11.8. The highest BCUT2D eigenvalue weighted by atomic mass is 16.5. The van der Waals surface area contributed by atoms with E-state index in [2.05, 4.69) is 206 Å². The van der Waals surface area contributed by atoms with Gasteiger partial charge in [-0.25, -0.2) is 59.8 Å². The Hall–Kier alpha value is -9.82. The van der Waals surface area contributed by atoms with Gasteiger partial charge in [0, 0.05) is 142 Å². The quantitative estimate of drug-likeness (QED) is 0.0157. The van der Waals surface area contributed by atoms with Gasteiger partial charge in [-0.05, 0) is 144 Å². The van der Waals surface area contributed by atoms with Crippen molar-refractivity contribution in [3.8, 4) is 5.88 Å². The number of pyridine rings is 2. The second-order valence-corrected chi connectivity index (χ2v) is 32.6. The molecule has 7 aromatic heterocycles. The Balaban J connectivity index is 0.000000462. The average Bonchev–Trinajstić information content (AvgIpc) is 0.893. The summed E-state index contributed by atoms with van der Waals surface area (Å²) in [6.45, 7) is 56.1. The summed E-state index contributed by atoms with van der Waals surface area (Å²) in [4.78, 5) is 97.5. The van der Waals surface area contributed by atoms with Crippen molar-refractivity contribution in [1.82, 2.24) is 59.8 Å². The molecule has 27 nitrogen and oxygen atoms in total. The third-order valence-electron chi connectivity index (χ3n) is 16.0. The predicted molar refractivity (Wildman–Crippen MR) is 455 cm³/mol. The number of nitrogens with one attached hydrogen (secondary N) is 6. The molecule has 0 unspecified atom stereocenters. The summed E-state index contributed by atoms with van der Waals surface area (Å²) < 4.78 is 25.3. The van der Waals surface area contributed by atoms with E-state index in [0.717, 1.165) is 46.5 Å². The molecule has 113 heavy (non-hydrogen) atoms. The Morgan fingerprint density at radius 3 is 1.07 bits per heavy atom. The monoisotopic (exact) mass is 1570 g/mol. The highest BCUT2D eigenvalue weighted by Gasteiger charge is 2.19. The van der Waals surface area contributed by atoms with Gasteiger partial charge in [0.2, 0.25) is 35.6 Å². The van der Waals surface area contributed by atoms with Gasteiger partial charge in [-0.1, -0.05) is 159 Å². The van der Waals surface area contributed by atoms with Gasteiger partial charge >= 0.3 is 23.9 Å².